The number of amides is 1. The number of nitrogens with zero attached hydrogens (tertiary/aromatic N) is 3. The molecular formula is C19H22FN3O3S. The first kappa shape index (κ1) is 19.3. The molecule has 0 atom stereocenters. The number of benzene rings is 2. The summed E-state index contributed by atoms with van der Waals surface area (Å²) in [6, 6.07) is 14.5. The van der Waals surface area contributed by atoms with Crippen LogP contribution in [0.4, 0.5) is 10.1 Å². The Morgan fingerprint density at radius 2 is 1.59 bits per heavy atom. The summed E-state index contributed by atoms with van der Waals surface area (Å²) in [5.74, 6) is -0.750. The van der Waals surface area contributed by atoms with Crippen LogP contribution in [0.2, 0.25) is 0 Å². The summed E-state index contributed by atoms with van der Waals surface area (Å²) in [6.07, 6.45) is 0. The van der Waals surface area contributed by atoms with Gasteiger partial charge in [-0.05, 0) is 36.4 Å². The molecule has 1 amide bonds. The van der Waals surface area contributed by atoms with Crippen LogP contribution in [-0.4, -0.2) is 63.3 Å². The minimum Gasteiger partial charge on any atom is -0.368 e. The van der Waals surface area contributed by atoms with Gasteiger partial charge in [-0.3, -0.25) is 4.79 Å². The molecule has 1 saturated heterocycles. The number of sulfonamides is 1. The maximum absolute atomic E-state index is 13.0. The molecule has 1 aliphatic heterocycles. The van der Waals surface area contributed by atoms with Gasteiger partial charge in [0.2, 0.25) is 15.9 Å². The van der Waals surface area contributed by atoms with Crippen LogP contribution in [0, 0.1) is 5.82 Å². The normalized spacial score (nSPS) is 15.2. The highest BCUT2D eigenvalue weighted by molar-refractivity contribution is 7.89. The van der Waals surface area contributed by atoms with E-state index in [4.69, 9.17) is 0 Å². The van der Waals surface area contributed by atoms with Crippen LogP contribution >= 0.6 is 0 Å². The van der Waals surface area contributed by atoms with E-state index in [0.717, 1.165) is 22.1 Å². The lowest BCUT2D eigenvalue weighted by Crippen LogP contribution is -2.51. The molecule has 2 aromatic carbocycles. The summed E-state index contributed by atoms with van der Waals surface area (Å²) in [5.41, 5.74) is 1.11. The van der Waals surface area contributed by atoms with Gasteiger partial charge in [0.25, 0.3) is 0 Å². The Morgan fingerprint density at radius 3 is 2.19 bits per heavy atom. The maximum atomic E-state index is 13.0. The average Bonchev–Trinajstić information content (AvgIpc) is 2.69. The molecule has 0 spiro atoms. The predicted molar refractivity (Wildman–Crippen MR) is 101 cm³/mol. The second-order valence-corrected chi connectivity index (χ2v) is 8.46. The SMILES string of the molecule is CN(CC(=O)N1CCN(c2ccccc2)CC1)S(=O)(=O)c1ccc(F)cc1. The van der Waals surface area contributed by atoms with Crippen LogP contribution in [0.25, 0.3) is 0 Å². The van der Waals surface area contributed by atoms with Crippen molar-refractivity contribution in [3.05, 3.63) is 60.4 Å². The number of piperazine rings is 1. The smallest absolute Gasteiger partial charge is 0.243 e. The summed E-state index contributed by atoms with van der Waals surface area (Å²) in [7, 11) is -2.48. The summed E-state index contributed by atoms with van der Waals surface area (Å²) < 4.78 is 39.1. The molecule has 0 aromatic heterocycles. The number of halogens is 1. The van der Waals surface area contributed by atoms with Crippen molar-refractivity contribution in [2.45, 2.75) is 4.90 Å². The number of hydrogen-bond acceptors (Lipinski definition) is 4. The lowest BCUT2D eigenvalue weighted by molar-refractivity contribution is -0.131. The van der Waals surface area contributed by atoms with E-state index in [1.165, 1.54) is 19.2 Å². The topological polar surface area (TPSA) is 60.9 Å². The van der Waals surface area contributed by atoms with Crippen molar-refractivity contribution in [2.24, 2.45) is 0 Å². The highest BCUT2D eigenvalue weighted by Gasteiger charge is 2.27. The van der Waals surface area contributed by atoms with Gasteiger partial charge in [0, 0.05) is 38.9 Å². The van der Waals surface area contributed by atoms with Crippen LogP contribution in [-0.2, 0) is 14.8 Å². The highest BCUT2D eigenvalue weighted by atomic mass is 32.2. The third-order valence-electron chi connectivity index (χ3n) is 4.63. The minimum atomic E-state index is -3.83. The van der Waals surface area contributed by atoms with E-state index in [9.17, 15) is 17.6 Å². The third-order valence-corrected chi connectivity index (χ3v) is 6.45. The van der Waals surface area contributed by atoms with Crippen molar-refractivity contribution in [3.63, 3.8) is 0 Å². The standard InChI is InChI=1S/C19H22FN3O3S/c1-21(27(25,26)18-9-7-16(20)8-10-18)15-19(24)23-13-11-22(12-14-23)17-5-3-2-4-6-17/h2-10H,11-15H2,1H3. The lowest BCUT2D eigenvalue weighted by Gasteiger charge is -2.36. The first-order valence-corrected chi connectivity index (χ1v) is 10.1. The molecule has 3 rings (SSSR count). The molecule has 1 heterocycles. The van der Waals surface area contributed by atoms with E-state index in [1.54, 1.807) is 4.90 Å². The fourth-order valence-corrected chi connectivity index (χ4v) is 4.14. The van der Waals surface area contributed by atoms with Crippen LogP contribution in [0.1, 0.15) is 0 Å². The van der Waals surface area contributed by atoms with E-state index < -0.39 is 15.8 Å². The van der Waals surface area contributed by atoms with E-state index in [-0.39, 0.29) is 17.3 Å². The fraction of sp³-hybridized carbons (Fsp3) is 0.316. The quantitative estimate of drug-likeness (QED) is 0.780. The van der Waals surface area contributed by atoms with Gasteiger partial charge in [-0.15, -0.1) is 0 Å². The van der Waals surface area contributed by atoms with Gasteiger partial charge in [0.05, 0.1) is 11.4 Å². The Hall–Kier alpha value is -2.45. The molecule has 0 bridgehead atoms. The number of para-hydroxylation sites is 1. The van der Waals surface area contributed by atoms with Crippen molar-refractivity contribution in [3.8, 4) is 0 Å². The zero-order chi connectivity index (χ0) is 19.4. The number of hydrogen-bond donors (Lipinski definition) is 0. The Bertz CT molecular complexity index is 880. The molecule has 0 unspecified atom stereocenters. The molecule has 0 radical (unpaired) electrons. The van der Waals surface area contributed by atoms with Gasteiger partial charge < -0.3 is 9.80 Å². The largest absolute Gasteiger partial charge is 0.368 e. The van der Waals surface area contributed by atoms with Crippen LogP contribution in [0.5, 0.6) is 0 Å². The third kappa shape index (κ3) is 4.45. The molecule has 0 saturated carbocycles. The van der Waals surface area contributed by atoms with Gasteiger partial charge >= 0.3 is 0 Å². The molecule has 1 fully saturated rings. The first-order valence-electron chi connectivity index (χ1n) is 8.67. The fourth-order valence-electron chi connectivity index (χ4n) is 3.01. The monoisotopic (exact) mass is 391 g/mol. The molecule has 6 nitrogen and oxygen atoms in total. The Balaban J connectivity index is 1.58. The molecule has 0 N–H and O–H groups in total. The van der Waals surface area contributed by atoms with E-state index in [1.807, 2.05) is 30.3 Å². The van der Waals surface area contributed by atoms with Crippen LogP contribution < -0.4 is 4.90 Å². The lowest BCUT2D eigenvalue weighted by atomic mass is 10.2. The summed E-state index contributed by atoms with van der Waals surface area (Å²) >= 11 is 0. The molecule has 0 aliphatic carbocycles. The van der Waals surface area contributed by atoms with Crippen molar-refractivity contribution in [1.29, 1.82) is 0 Å². The van der Waals surface area contributed by atoms with Gasteiger partial charge in [-0.2, -0.15) is 4.31 Å². The predicted octanol–water partition coefficient (Wildman–Crippen LogP) is 1.79. The zero-order valence-corrected chi connectivity index (χ0v) is 15.9. The van der Waals surface area contributed by atoms with Gasteiger partial charge in [0.15, 0.2) is 0 Å². The molecule has 144 valence electrons. The first-order chi connectivity index (χ1) is 12.9. The molecular weight excluding hydrogens is 369 g/mol. The van der Waals surface area contributed by atoms with E-state index >= 15 is 0 Å². The second-order valence-electron chi connectivity index (χ2n) is 6.42. The molecule has 1 aliphatic rings. The number of carbonyl (C=O) groups excluding carboxylic acids is 1. The van der Waals surface area contributed by atoms with Crippen LogP contribution in [0.3, 0.4) is 0 Å². The van der Waals surface area contributed by atoms with Crippen molar-refractivity contribution >= 4 is 21.6 Å². The van der Waals surface area contributed by atoms with E-state index in [0.29, 0.717) is 26.2 Å². The zero-order valence-electron chi connectivity index (χ0n) is 15.1. The number of likely N-dealkylation sites (N-methyl/N-ethyl adjacent to an activating group) is 1. The summed E-state index contributed by atoms with van der Waals surface area (Å²) in [6.45, 7) is 2.23. The van der Waals surface area contributed by atoms with Crippen molar-refractivity contribution in [1.82, 2.24) is 9.21 Å². The maximum Gasteiger partial charge on any atom is 0.243 e. The number of carbonyl (C=O) groups is 1. The summed E-state index contributed by atoms with van der Waals surface area (Å²) in [4.78, 5) is 16.4. The summed E-state index contributed by atoms with van der Waals surface area (Å²) in [5, 5.41) is 0. The van der Waals surface area contributed by atoms with E-state index in [2.05, 4.69) is 4.90 Å². The average molecular weight is 391 g/mol. The number of rotatable bonds is 5. The van der Waals surface area contributed by atoms with Crippen LogP contribution in [0.15, 0.2) is 59.5 Å². The van der Waals surface area contributed by atoms with Gasteiger partial charge in [-0.1, -0.05) is 18.2 Å². The van der Waals surface area contributed by atoms with Gasteiger partial charge in [0.1, 0.15) is 5.82 Å². The van der Waals surface area contributed by atoms with Gasteiger partial charge in [-0.25, -0.2) is 12.8 Å². The second kappa shape index (κ2) is 8.06. The molecule has 2 aromatic rings. The Kier molecular flexibility index (Phi) is 5.76. The van der Waals surface area contributed by atoms with Crippen molar-refractivity contribution < 1.29 is 17.6 Å². The Morgan fingerprint density at radius 1 is 1.00 bits per heavy atom. The minimum absolute atomic E-state index is 0.0342. The Labute approximate surface area is 158 Å². The highest BCUT2D eigenvalue weighted by Crippen LogP contribution is 2.17. The molecule has 8 heteroatoms. The number of anilines is 1. The van der Waals surface area contributed by atoms with Crippen molar-refractivity contribution in [2.75, 3.05) is 44.7 Å². The molecule has 27 heavy (non-hydrogen) atoms.